The zero-order valence-corrected chi connectivity index (χ0v) is 10.1. The van der Waals surface area contributed by atoms with Crippen molar-refractivity contribution in [1.82, 2.24) is 4.31 Å². The summed E-state index contributed by atoms with van der Waals surface area (Å²) in [5, 5.41) is 8.50. The van der Waals surface area contributed by atoms with E-state index in [1.807, 2.05) is 12.1 Å². The number of anilines is 1. The normalized spacial score (nSPS) is 16.2. The van der Waals surface area contributed by atoms with Crippen LogP contribution < -0.4 is 5.73 Å². The van der Waals surface area contributed by atoms with Gasteiger partial charge in [-0.1, -0.05) is 12.1 Å². The van der Waals surface area contributed by atoms with Gasteiger partial charge >= 0.3 is 0 Å². The Hall–Kier alpha value is -1.58. The molecule has 0 aliphatic carbocycles. The molecule has 0 spiro atoms. The first-order valence-electron chi connectivity index (χ1n) is 5.25. The molecule has 0 atom stereocenters. The maximum atomic E-state index is 11.8. The number of rotatable bonds is 2. The molecule has 5 nitrogen and oxygen atoms in total. The Morgan fingerprint density at radius 3 is 2.94 bits per heavy atom. The number of benzene rings is 1. The lowest BCUT2D eigenvalue weighted by molar-refractivity contribution is 0.394. The van der Waals surface area contributed by atoms with Crippen molar-refractivity contribution in [2.24, 2.45) is 0 Å². The van der Waals surface area contributed by atoms with Crippen molar-refractivity contribution in [3.63, 3.8) is 0 Å². The molecule has 0 bridgehead atoms. The van der Waals surface area contributed by atoms with Gasteiger partial charge in [0.1, 0.15) is 0 Å². The van der Waals surface area contributed by atoms with Crippen molar-refractivity contribution in [2.45, 2.75) is 13.0 Å². The minimum atomic E-state index is -3.48. The first-order chi connectivity index (χ1) is 8.04. The van der Waals surface area contributed by atoms with Crippen molar-refractivity contribution in [2.75, 3.05) is 18.0 Å². The van der Waals surface area contributed by atoms with Crippen molar-refractivity contribution < 1.29 is 8.42 Å². The Balaban J connectivity index is 2.31. The standard InChI is InChI=1S/C11H13N3O2S/c12-5-7-17(15,16)14-6-4-9-2-1-3-11(13)10(9)8-14/h1-3H,4,6-8,13H2. The predicted molar refractivity (Wildman–Crippen MR) is 64.4 cm³/mol. The lowest BCUT2D eigenvalue weighted by Crippen LogP contribution is -2.37. The lowest BCUT2D eigenvalue weighted by atomic mass is 10.00. The summed E-state index contributed by atoms with van der Waals surface area (Å²) in [6.07, 6.45) is 0.644. The zero-order valence-electron chi connectivity index (χ0n) is 9.26. The van der Waals surface area contributed by atoms with Crippen molar-refractivity contribution in [3.05, 3.63) is 29.3 Å². The van der Waals surface area contributed by atoms with Crippen LogP contribution in [0.4, 0.5) is 5.69 Å². The molecule has 1 aromatic carbocycles. The minimum Gasteiger partial charge on any atom is -0.398 e. The summed E-state index contributed by atoms with van der Waals surface area (Å²) >= 11 is 0. The highest BCUT2D eigenvalue weighted by Crippen LogP contribution is 2.25. The molecule has 2 N–H and O–H groups in total. The number of hydrogen-bond donors (Lipinski definition) is 1. The first-order valence-corrected chi connectivity index (χ1v) is 6.86. The van der Waals surface area contributed by atoms with E-state index < -0.39 is 15.8 Å². The van der Waals surface area contributed by atoms with E-state index in [1.54, 1.807) is 12.1 Å². The van der Waals surface area contributed by atoms with Gasteiger partial charge in [0.2, 0.25) is 10.0 Å². The predicted octanol–water partition coefficient (Wildman–Crippen LogP) is 0.480. The second kappa shape index (κ2) is 4.35. The van der Waals surface area contributed by atoms with E-state index in [0.717, 1.165) is 11.1 Å². The van der Waals surface area contributed by atoms with Crippen LogP contribution >= 0.6 is 0 Å². The van der Waals surface area contributed by atoms with Crippen LogP contribution in [0.25, 0.3) is 0 Å². The van der Waals surface area contributed by atoms with Crippen LogP contribution in [0.2, 0.25) is 0 Å². The molecular weight excluding hydrogens is 238 g/mol. The summed E-state index contributed by atoms with van der Waals surface area (Å²) in [5.41, 5.74) is 8.40. The number of nitriles is 1. The third-order valence-corrected chi connectivity index (χ3v) is 4.51. The molecule has 1 aromatic rings. The van der Waals surface area contributed by atoms with E-state index in [9.17, 15) is 8.42 Å². The van der Waals surface area contributed by atoms with Crippen molar-refractivity contribution in [1.29, 1.82) is 5.26 Å². The Morgan fingerprint density at radius 1 is 1.47 bits per heavy atom. The molecule has 1 heterocycles. The van der Waals surface area contributed by atoms with Crippen molar-refractivity contribution in [3.8, 4) is 6.07 Å². The maximum Gasteiger partial charge on any atom is 0.227 e. The molecule has 17 heavy (non-hydrogen) atoms. The van der Waals surface area contributed by atoms with Gasteiger partial charge in [0.15, 0.2) is 5.75 Å². The van der Waals surface area contributed by atoms with Crippen LogP contribution in [-0.4, -0.2) is 25.0 Å². The van der Waals surface area contributed by atoms with Crippen LogP contribution in [0.5, 0.6) is 0 Å². The summed E-state index contributed by atoms with van der Waals surface area (Å²) < 4.78 is 24.9. The Kier molecular flexibility index (Phi) is 3.05. The molecule has 6 heteroatoms. The summed E-state index contributed by atoms with van der Waals surface area (Å²) in [6.45, 7) is 0.687. The number of nitrogen functional groups attached to an aromatic ring is 1. The fraction of sp³-hybridized carbons (Fsp3) is 0.364. The molecule has 0 aromatic heterocycles. The van der Waals surface area contributed by atoms with Crippen molar-refractivity contribution >= 4 is 15.7 Å². The fourth-order valence-corrected chi connectivity index (χ4v) is 3.03. The number of nitrogens with two attached hydrogens (primary N) is 1. The van der Waals surface area contributed by atoms with E-state index >= 15 is 0 Å². The molecule has 0 saturated carbocycles. The largest absolute Gasteiger partial charge is 0.398 e. The molecule has 0 saturated heterocycles. The number of nitrogens with zero attached hydrogens (tertiary/aromatic N) is 2. The second-order valence-corrected chi connectivity index (χ2v) is 5.95. The van der Waals surface area contributed by atoms with Gasteiger partial charge in [0.05, 0.1) is 6.07 Å². The fourth-order valence-electron chi connectivity index (χ4n) is 1.99. The highest BCUT2D eigenvalue weighted by Gasteiger charge is 2.27. The minimum absolute atomic E-state index is 0.270. The van der Waals surface area contributed by atoms with Gasteiger partial charge in [0.25, 0.3) is 0 Å². The van der Waals surface area contributed by atoms with Crippen LogP contribution in [0.3, 0.4) is 0 Å². The molecule has 0 amide bonds. The molecule has 0 fully saturated rings. The third-order valence-electron chi connectivity index (χ3n) is 2.91. The molecule has 2 rings (SSSR count). The van der Waals surface area contributed by atoms with Crippen LogP contribution in [0.1, 0.15) is 11.1 Å². The first kappa shape index (κ1) is 11.9. The molecule has 90 valence electrons. The Bertz CT molecular complexity index is 575. The quantitative estimate of drug-likeness (QED) is 0.774. The van der Waals surface area contributed by atoms with Gasteiger partial charge in [-0.2, -0.15) is 9.57 Å². The van der Waals surface area contributed by atoms with E-state index in [1.165, 1.54) is 4.31 Å². The van der Waals surface area contributed by atoms with Crippen LogP contribution in [0.15, 0.2) is 18.2 Å². The van der Waals surface area contributed by atoms with Crippen LogP contribution in [-0.2, 0) is 23.0 Å². The molecular formula is C11H13N3O2S. The average Bonchev–Trinajstić information content (AvgIpc) is 2.29. The van der Waals surface area contributed by atoms with Gasteiger partial charge in [-0.25, -0.2) is 8.42 Å². The second-order valence-electron chi connectivity index (χ2n) is 3.98. The average molecular weight is 251 g/mol. The number of sulfonamides is 1. The van der Waals surface area contributed by atoms with Gasteiger partial charge in [-0.3, -0.25) is 0 Å². The monoisotopic (exact) mass is 251 g/mol. The summed E-state index contributed by atoms with van der Waals surface area (Å²) in [6, 6.07) is 7.27. The lowest BCUT2D eigenvalue weighted by Gasteiger charge is -2.28. The summed E-state index contributed by atoms with van der Waals surface area (Å²) in [7, 11) is -3.48. The Morgan fingerprint density at radius 2 is 2.24 bits per heavy atom. The zero-order chi connectivity index (χ0) is 12.5. The number of fused-ring (bicyclic) bond motifs is 1. The molecule has 0 radical (unpaired) electrons. The number of hydrogen-bond acceptors (Lipinski definition) is 4. The van der Waals surface area contributed by atoms with Gasteiger partial charge in [0, 0.05) is 18.8 Å². The van der Waals surface area contributed by atoms with E-state index in [2.05, 4.69) is 0 Å². The maximum absolute atomic E-state index is 11.8. The van der Waals surface area contributed by atoms with Crippen LogP contribution in [0, 0.1) is 11.3 Å². The highest BCUT2D eigenvalue weighted by molar-refractivity contribution is 7.89. The molecule has 1 aliphatic heterocycles. The van der Waals surface area contributed by atoms with E-state index in [-0.39, 0.29) is 6.54 Å². The molecule has 0 unspecified atom stereocenters. The van der Waals surface area contributed by atoms with E-state index in [4.69, 9.17) is 11.0 Å². The topological polar surface area (TPSA) is 87.2 Å². The Labute approximate surface area is 101 Å². The SMILES string of the molecule is N#CCS(=O)(=O)N1CCc2cccc(N)c2C1. The molecule has 1 aliphatic rings. The summed E-state index contributed by atoms with van der Waals surface area (Å²) in [5.74, 6) is -0.477. The van der Waals surface area contributed by atoms with Gasteiger partial charge in [-0.05, 0) is 23.6 Å². The summed E-state index contributed by atoms with van der Waals surface area (Å²) in [4.78, 5) is 0. The van der Waals surface area contributed by atoms with Gasteiger partial charge < -0.3 is 5.73 Å². The van der Waals surface area contributed by atoms with Gasteiger partial charge in [-0.15, -0.1) is 0 Å². The third kappa shape index (κ3) is 2.25. The smallest absolute Gasteiger partial charge is 0.227 e. The highest BCUT2D eigenvalue weighted by atomic mass is 32.2. The van der Waals surface area contributed by atoms with E-state index in [0.29, 0.717) is 18.7 Å².